The predicted octanol–water partition coefficient (Wildman–Crippen LogP) is 1.80. The largest absolute Gasteiger partial charge is 0.382 e. The van der Waals surface area contributed by atoms with Crippen molar-refractivity contribution < 1.29 is 0 Å². The first-order valence-corrected chi connectivity index (χ1v) is 5.04. The number of nitrogens with zero attached hydrogens (tertiary/aromatic N) is 2. The first-order valence-electron chi connectivity index (χ1n) is 5.04. The number of nitrogens with two attached hydrogens (primary N) is 1. The molecule has 1 saturated carbocycles. The fourth-order valence-electron chi connectivity index (χ4n) is 2.03. The van der Waals surface area contributed by atoms with Gasteiger partial charge in [0.05, 0.1) is 12.4 Å². The maximum absolute atomic E-state index is 5.56. The Labute approximate surface area is 83.9 Å². The van der Waals surface area contributed by atoms with Crippen LogP contribution >= 0.6 is 0 Å². The summed E-state index contributed by atoms with van der Waals surface area (Å²) in [5, 5.41) is 3.40. The molecule has 1 fully saturated rings. The van der Waals surface area contributed by atoms with Crippen molar-refractivity contribution in [3.63, 3.8) is 0 Å². The van der Waals surface area contributed by atoms with Crippen molar-refractivity contribution in [1.82, 2.24) is 9.97 Å². The topological polar surface area (TPSA) is 63.8 Å². The Morgan fingerprint density at radius 3 is 2.71 bits per heavy atom. The number of hydrogen-bond acceptors (Lipinski definition) is 4. The van der Waals surface area contributed by atoms with Gasteiger partial charge in [0, 0.05) is 5.54 Å². The molecule has 0 saturated heterocycles. The summed E-state index contributed by atoms with van der Waals surface area (Å²) >= 11 is 0. The fourth-order valence-corrected chi connectivity index (χ4v) is 2.03. The summed E-state index contributed by atoms with van der Waals surface area (Å²) in [6.07, 6.45) is 8.26. The van der Waals surface area contributed by atoms with E-state index in [2.05, 4.69) is 22.2 Å². The van der Waals surface area contributed by atoms with E-state index in [0.29, 0.717) is 5.82 Å². The van der Waals surface area contributed by atoms with Gasteiger partial charge in [0.15, 0.2) is 0 Å². The monoisotopic (exact) mass is 192 g/mol. The van der Waals surface area contributed by atoms with Crippen molar-refractivity contribution in [3.8, 4) is 0 Å². The molecule has 1 aliphatic rings. The van der Waals surface area contributed by atoms with Crippen LogP contribution in [0.3, 0.4) is 0 Å². The highest BCUT2D eigenvalue weighted by Gasteiger charge is 2.28. The Morgan fingerprint density at radius 1 is 1.36 bits per heavy atom. The van der Waals surface area contributed by atoms with Crippen LogP contribution in [-0.2, 0) is 0 Å². The molecule has 0 bridgehead atoms. The maximum Gasteiger partial charge on any atom is 0.147 e. The van der Waals surface area contributed by atoms with Gasteiger partial charge in [-0.15, -0.1) is 0 Å². The van der Waals surface area contributed by atoms with Crippen LogP contribution in [-0.4, -0.2) is 15.5 Å². The van der Waals surface area contributed by atoms with Crippen LogP contribution in [0.25, 0.3) is 0 Å². The lowest BCUT2D eigenvalue weighted by molar-refractivity contribution is 0.531. The maximum atomic E-state index is 5.56. The highest BCUT2D eigenvalue weighted by molar-refractivity contribution is 5.40. The Hall–Kier alpha value is -1.32. The molecule has 1 aromatic rings. The zero-order valence-corrected chi connectivity index (χ0v) is 8.45. The highest BCUT2D eigenvalue weighted by Crippen LogP contribution is 2.31. The van der Waals surface area contributed by atoms with Gasteiger partial charge in [-0.25, -0.2) is 4.98 Å². The molecule has 0 aromatic carbocycles. The third-order valence-corrected chi connectivity index (χ3v) is 2.79. The first-order chi connectivity index (χ1) is 6.68. The van der Waals surface area contributed by atoms with Gasteiger partial charge < -0.3 is 11.1 Å². The van der Waals surface area contributed by atoms with Crippen molar-refractivity contribution in [2.45, 2.75) is 38.1 Å². The first kappa shape index (κ1) is 9.24. The van der Waals surface area contributed by atoms with Gasteiger partial charge in [-0.3, -0.25) is 4.98 Å². The van der Waals surface area contributed by atoms with Crippen molar-refractivity contribution in [1.29, 1.82) is 0 Å². The predicted molar refractivity (Wildman–Crippen MR) is 56.9 cm³/mol. The van der Waals surface area contributed by atoms with Crippen LogP contribution in [0.2, 0.25) is 0 Å². The van der Waals surface area contributed by atoms with Crippen LogP contribution < -0.4 is 11.1 Å². The Bertz CT molecular complexity index is 318. The number of nitrogens with one attached hydrogen (secondary N) is 1. The number of hydrogen-bond donors (Lipinski definition) is 2. The van der Waals surface area contributed by atoms with E-state index < -0.39 is 0 Å². The zero-order chi connectivity index (χ0) is 10.0. The molecule has 3 N–H and O–H groups in total. The minimum atomic E-state index is 0.183. The lowest BCUT2D eigenvalue weighted by atomic mass is 10.0. The van der Waals surface area contributed by atoms with Gasteiger partial charge in [0.25, 0.3) is 0 Å². The van der Waals surface area contributed by atoms with E-state index in [1.807, 2.05) is 0 Å². The minimum Gasteiger partial charge on any atom is -0.382 e. The van der Waals surface area contributed by atoms with Crippen molar-refractivity contribution in [2.24, 2.45) is 0 Å². The van der Waals surface area contributed by atoms with Crippen LogP contribution in [0.15, 0.2) is 12.4 Å². The molecule has 0 unspecified atom stereocenters. The molecular weight excluding hydrogens is 176 g/mol. The highest BCUT2D eigenvalue weighted by atomic mass is 15.1. The van der Waals surface area contributed by atoms with Crippen LogP contribution in [0.1, 0.15) is 32.6 Å². The third kappa shape index (κ3) is 1.95. The molecule has 14 heavy (non-hydrogen) atoms. The van der Waals surface area contributed by atoms with Gasteiger partial charge in [-0.05, 0) is 19.8 Å². The van der Waals surface area contributed by atoms with Gasteiger partial charge >= 0.3 is 0 Å². The van der Waals surface area contributed by atoms with Gasteiger partial charge in [-0.1, -0.05) is 12.8 Å². The summed E-state index contributed by atoms with van der Waals surface area (Å²) in [6, 6.07) is 0. The molecule has 0 radical (unpaired) electrons. The van der Waals surface area contributed by atoms with Crippen molar-refractivity contribution in [2.75, 3.05) is 11.1 Å². The number of aromatic nitrogens is 2. The van der Waals surface area contributed by atoms with E-state index in [1.165, 1.54) is 25.7 Å². The molecule has 0 aliphatic heterocycles. The lowest BCUT2D eigenvalue weighted by Gasteiger charge is -2.25. The van der Waals surface area contributed by atoms with E-state index in [1.54, 1.807) is 12.4 Å². The molecule has 1 aromatic heterocycles. The Kier molecular flexibility index (Phi) is 2.27. The summed E-state index contributed by atoms with van der Waals surface area (Å²) in [5.74, 6) is 1.26. The molecule has 0 amide bonds. The molecule has 4 nitrogen and oxygen atoms in total. The molecule has 0 atom stereocenters. The lowest BCUT2D eigenvalue weighted by Crippen LogP contribution is -2.31. The second-order valence-corrected chi connectivity index (χ2v) is 4.22. The fraction of sp³-hybridized carbons (Fsp3) is 0.600. The molecule has 0 spiro atoms. The van der Waals surface area contributed by atoms with Crippen LogP contribution in [0.4, 0.5) is 11.6 Å². The van der Waals surface area contributed by atoms with Crippen molar-refractivity contribution in [3.05, 3.63) is 12.4 Å². The SMILES string of the molecule is CC1(Nc2cncc(N)n2)CCCC1. The number of rotatable bonds is 2. The quantitative estimate of drug-likeness (QED) is 0.750. The summed E-state index contributed by atoms with van der Waals surface area (Å²) in [5.41, 5.74) is 5.75. The molecule has 1 aliphatic carbocycles. The normalized spacial score (nSPS) is 19.5. The van der Waals surface area contributed by atoms with Gasteiger partial charge in [0.2, 0.25) is 0 Å². The molecule has 76 valence electrons. The third-order valence-electron chi connectivity index (χ3n) is 2.79. The summed E-state index contributed by atoms with van der Waals surface area (Å²) in [7, 11) is 0. The summed E-state index contributed by atoms with van der Waals surface area (Å²) in [4.78, 5) is 8.19. The standard InChI is InChI=1S/C10H16N4/c1-10(4-2-3-5-10)14-9-7-12-6-8(11)13-9/h6-7H,2-5H2,1H3,(H3,11,13,14). The summed E-state index contributed by atoms with van der Waals surface area (Å²) < 4.78 is 0. The van der Waals surface area contributed by atoms with E-state index in [9.17, 15) is 0 Å². The molecule has 4 heteroatoms. The van der Waals surface area contributed by atoms with E-state index in [4.69, 9.17) is 5.73 Å². The van der Waals surface area contributed by atoms with Gasteiger partial charge in [-0.2, -0.15) is 0 Å². The smallest absolute Gasteiger partial charge is 0.147 e. The number of nitrogen functional groups attached to an aromatic ring is 1. The van der Waals surface area contributed by atoms with E-state index in [0.717, 1.165) is 5.82 Å². The second-order valence-electron chi connectivity index (χ2n) is 4.22. The molecule has 2 rings (SSSR count). The van der Waals surface area contributed by atoms with Gasteiger partial charge in [0.1, 0.15) is 11.6 Å². The second kappa shape index (κ2) is 3.44. The minimum absolute atomic E-state index is 0.183. The molecular formula is C10H16N4. The van der Waals surface area contributed by atoms with E-state index >= 15 is 0 Å². The van der Waals surface area contributed by atoms with Crippen molar-refractivity contribution >= 4 is 11.6 Å². The number of anilines is 2. The van der Waals surface area contributed by atoms with E-state index in [-0.39, 0.29) is 5.54 Å². The van der Waals surface area contributed by atoms with Crippen LogP contribution in [0.5, 0.6) is 0 Å². The summed E-state index contributed by atoms with van der Waals surface area (Å²) in [6.45, 7) is 2.23. The Morgan fingerprint density at radius 2 is 2.07 bits per heavy atom. The molecule has 1 heterocycles. The Balaban J connectivity index is 2.10. The average Bonchev–Trinajstić information content (AvgIpc) is 2.51. The average molecular weight is 192 g/mol. The van der Waals surface area contributed by atoms with Crippen LogP contribution in [0, 0.1) is 0 Å². The zero-order valence-electron chi connectivity index (χ0n) is 8.45.